The number of alkyl halides is 3. The molecular formula is C10H11F3N2O3S. The van der Waals surface area contributed by atoms with Gasteiger partial charge in [0.15, 0.2) is 16.6 Å². The summed E-state index contributed by atoms with van der Waals surface area (Å²) in [4.78, 5) is 25.6. The highest BCUT2D eigenvalue weighted by atomic mass is 32.1. The van der Waals surface area contributed by atoms with Crippen molar-refractivity contribution in [2.24, 2.45) is 0 Å². The Morgan fingerprint density at radius 3 is 2.47 bits per heavy atom. The second-order valence-corrected chi connectivity index (χ2v) is 4.70. The van der Waals surface area contributed by atoms with Crippen molar-refractivity contribution in [3.05, 3.63) is 10.6 Å². The molecule has 0 atom stereocenters. The number of rotatable bonds is 6. The fraction of sp³-hybridized carbons (Fsp3) is 0.500. The Bertz CT molecular complexity index is 453. The Morgan fingerprint density at radius 1 is 1.42 bits per heavy atom. The van der Waals surface area contributed by atoms with Gasteiger partial charge in [0.2, 0.25) is 0 Å². The van der Waals surface area contributed by atoms with Gasteiger partial charge < -0.3 is 10.4 Å². The van der Waals surface area contributed by atoms with Crippen LogP contribution in [0.4, 0.5) is 18.3 Å². The fourth-order valence-electron chi connectivity index (χ4n) is 1.26. The molecule has 0 fully saturated rings. The zero-order valence-electron chi connectivity index (χ0n) is 9.87. The number of thiazole rings is 1. The number of nitrogens with one attached hydrogen (secondary N) is 1. The van der Waals surface area contributed by atoms with Crippen LogP contribution in [0.2, 0.25) is 0 Å². The molecule has 0 aliphatic rings. The molecule has 0 saturated carbocycles. The number of carboxylic acid groups (broad SMARTS) is 1. The third-order valence-corrected chi connectivity index (χ3v) is 3.18. The normalized spacial score (nSPS) is 11.4. The predicted octanol–water partition coefficient (Wildman–Crippen LogP) is 2.80. The van der Waals surface area contributed by atoms with Crippen LogP contribution in [0, 0.1) is 0 Å². The van der Waals surface area contributed by atoms with Crippen molar-refractivity contribution in [2.45, 2.75) is 25.9 Å². The number of aromatic carboxylic acids is 1. The standard InChI is InChI=1S/C10H11F3N2O3S/c1-5(16)7-6(8(17)18)15-9(19-7)14-4-2-3-10(11,12)13/h2-4H2,1H3,(H,14,15)(H,17,18). The number of anilines is 1. The van der Waals surface area contributed by atoms with Crippen molar-refractivity contribution < 1.29 is 27.9 Å². The molecule has 1 rings (SSSR count). The van der Waals surface area contributed by atoms with E-state index in [1.54, 1.807) is 0 Å². The average molecular weight is 296 g/mol. The lowest BCUT2D eigenvalue weighted by Gasteiger charge is -2.05. The quantitative estimate of drug-likeness (QED) is 0.623. The van der Waals surface area contributed by atoms with Gasteiger partial charge in [-0.25, -0.2) is 9.78 Å². The second kappa shape index (κ2) is 6.00. The van der Waals surface area contributed by atoms with Crippen LogP contribution >= 0.6 is 11.3 Å². The van der Waals surface area contributed by atoms with E-state index in [4.69, 9.17) is 5.11 Å². The zero-order chi connectivity index (χ0) is 14.6. The van der Waals surface area contributed by atoms with Gasteiger partial charge in [-0.15, -0.1) is 0 Å². The highest BCUT2D eigenvalue weighted by Gasteiger charge is 2.26. The van der Waals surface area contributed by atoms with Gasteiger partial charge in [-0.3, -0.25) is 4.79 Å². The molecule has 19 heavy (non-hydrogen) atoms. The average Bonchev–Trinajstić information content (AvgIpc) is 2.67. The molecule has 0 aliphatic carbocycles. The lowest BCUT2D eigenvalue weighted by Crippen LogP contribution is -2.11. The molecule has 1 aromatic heterocycles. The minimum Gasteiger partial charge on any atom is -0.476 e. The van der Waals surface area contributed by atoms with Gasteiger partial charge in [0.05, 0.1) is 0 Å². The highest BCUT2D eigenvalue weighted by molar-refractivity contribution is 7.17. The summed E-state index contributed by atoms with van der Waals surface area (Å²) in [5, 5.41) is 11.5. The molecule has 0 saturated heterocycles. The number of carboxylic acids is 1. The summed E-state index contributed by atoms with van der Waals surface area (Å²) in [6.07, 6.45) is -5.31. The Balaban J connectivity index is 2.63. The number of carbonyl (C=O) groups is 2. The number of aromatic nitrogens is 1. The highest BCUT2D eigenvalue weighted by Crippen LogP contribution is 2.25. The summed E-state index contributed by atoms with van der Waals surface area (Å²) < 4.78 is 35.7. The molecular weight excluding hydrogens is 285 g/mol. The maximum Gasteiger partial charge on any atom is 0.389 e. The molecule has 0 unspecified atom stereocenters. The van der Waals surface area contributed by atoms with E-state index in [0.29, 0.717) is 0 Å². The molecule has 106 valence electrons. The van der Waals surface area contributed by atoms with Crippen LogP contribution in [0.5, 0.6) is 0 Å². The van der Waals surface area contributed by atoms with Crippen molar-refractivity contribution in [1.29, 1.82) is 0 Å². The first kappa shape index (κ1) is 15.4. The molecule has 0 spiro atoms. The van der Waals surface area contributed by atoms with Crippen LogP contribution in [-0.4, -0.2) is 34.6 Å². The molecule has 9 heteroatoms. The maximum atomic E-state index is 11.9. The van der Waals surface area contributed by atoms with Crippen molar-refractivity contribution >= 4 is 28.2 Å². The monoisotopic (exact) mass is 296 g/mol. The summed E-state index contributed by atoms with van der Waals surface area (Å²) >= 11 is 0.820. The summed E-state index contributed by atoms with van der Waals surface area (Å²) in [5.41, 5.74) is -0.379. The van der Waals surface area contributed by atoms with Crippen molar-refractivity contribution in [1.82, 2.24) is 4.98 Å². The van der Waals surface area contributed by atoms with Gasteiger partial charge in [0, 0.05) is 19.9 Å². The summed E-state index contributed by atoms with van der Waals surface area (Å²) in [7, 11) is 0. The van der Waals surface area contributed by atoms with Crippen molar-refractivity contribution in [3.63, 3.8) is 0 Å². The lowest BCUT2D eigenvalue weighted by atomic mass is 10.3. The van der Waals surface area contributed by atoms with E-state index in [9.17, 15) is 22.8 Å². The van der Waals surface area contributed by atoms with Crippen LogP contribution in [-0.2, 0) is 0 Å². The third kappa shape index (κ3) is 4.86. The fourth-order valence-corrected chi connectivity index (χ4v) is 2.14. The topological polar surface area (TPSA) is 79.3 Å². The maximum absolute atomic E-state index is 11.9. The third-order valence-electron chi connectivity index (χ3n) is 2.06. The van der Waals surface area contributed by atoms with E-state index in [0.717, 1.165) is 11.3 Å². The summed E-state index contributed by atoms with van der Waals surface area (Å²) in [6, 6.07) is 0. The molecule has 0 radical (unpaired) electrons. The SMILES string of the molecule is CC(=O)c1sc(NCCCC(F)(F)F)nc1C(=O)O. The Kier molecular flexibility index (Phi) is 4.87. The molecule has 2 N–H and O–H groups in total. The molecule has 0 aromatic carbocycles. The van der Waals surface area contributed by atoms with Crippen molar-refractivity contribution in [3.8, 4) is 0 Å². The predicted molar refractivity (Wildman–Crippen MR) is 62.9 cm³/mol. The number of hydrogen-bond acceptors (Lipinski definition) is 5. The van der Waals surface area contributed by atoms with Gasteiger partial charge in [-0.2, -0.15) is 13.2 Å². The Labute approximate surface area is 110 Å². The molecule has 0 amide bonds. The molecule has 5 nitrogen and oxygen atoms in total. The number of nitrogens with zero attached hydrogens (tertiary/aromatic N) is 1. The first-order valence-electron chi connectivity index (χ1n) is 5.26. The van der Waals surface area contributed by atoms with Gasteiger partial charge in [-0.05, 0) is 6.42 Å². The lowest BCUT2D eigenvalue weighted by molar-refractivity contribution is -0.134. The van der Waals surface area contributed by atoms with Crippen molar-refractivity contribution in [2.75, 3.05) is 11.9 Å². The number of carbonyl (C=O) groups excluding carboxylic acids is 1. The smallest absolute Gasteiger partial charge is 0.389 e. The molecule has 0 aliphatic heterocycles. The van der Waals surface area contributed by atoms with E-state index in [-0.39, 0.29) is 28.7 Å². The summed E-state index contributed by atoms with van der Waals surface area (Å²) in [5.74, 6) is -1.79. The number of halogens is 3. The molecule has 1 aromatic rings. The minimum absolute atomic E-state index is 0.00340. The first-order valence-corrected chi connectivity index (χ1v) is 6.08. The van der Waals surface area contributed by atoms with E-state index in [1.165, 1.54) is 6.92 Å². The van der Waals surface area contributed by atoms with E-state index in [2.05, 4.69) is 10.3 Å². The van der Waals surface area contributed by atoms with Gasteiger partial charge in [0.25, 0.3) is 0 Å². The number of Topliss-reactive ketones (excluding diaryl/α,β-unsaturated/α-hetero) is 1. The minimum atomic E-state index is -4.22. The first-order chi connectivity index (χ1) is 8.70. The second-order valence-electron chi connectivity index (χ2n) is 3.70. The van der Waals surface area contributed by atoms with E-state index in [1.807, 2.05) is 0 Å². The summed E-state index contributed by atoms with van der Waals surface area (Å²) in [6.45, 7) is 1.21. The largest absolute Gasteiger partial charge is 0.476 e. The van der Waals surface area contributed by atoms with Gasteiger partial charge >= 0.3 is 12.1 Å². The zero-order valence-corrected chi connectivity index (χ0v) is 10.7. The van der Waals surface area contributed by atoms with Gasteiger partial charge in [0.1, 0.15) is 4.88 Å². The Hall–Kier alpha value is -1.64. The van der Waals surface area contributed by atoms with E-state index >= 15 is 0 Å². The van der Waals surface area contributed by atoms with Crippen LogP contribution in [0.15, 0.2) is 0 Å². The van der Waals surface area contributed by atoms with Crippen LogP contribution in [0.25, 0.3) is 0 Å². The number of ketones is 1. The Morgan fingerprint density at radius 2 is 2.05 bits per heavy atom. The van der Waals surface area contributed by atoms with Crippen LogP contribution in [0.1, 0.15) is 39.9 Å². The molecule has 1 heterocycles. The molecule has 0 bridgehead atoms. The van der Waals surface area contributed by atoms with Crippen LogP contribution in [0.3, 0.4) is 0 Å². The van der Waals surface area contributed by atoms with E-state index < -0.39 is 24.3 Å². The van der Waals surface area contributed by atoms with Crippen LogP contribution < -0.4 is 5.32 Å². The number of hydrogen-bond donors (Lipinski definition) is 2. The van der Waals surface area contributed by atoms with Gasteiger partial charge in [-0.1, -0.05) is 11.3 Å².